The van der Waals surface area contributed by atoms with Crippen LogP contribution >= 0.6 is 11.8 Å². The average Bonchev–Trinajstić information content (AvgIpc) is 2.51. The molecule has 0 aliphatic carbocycles. The van der Waals surface area contributed by atoms with Gasteiger partial charge in [-0.05, 0) is 30.7 Å². The van der Waals surface area contributed by atoms with Crippen molar-refractivity contribution >= 4 is 23.8 Å². The first kappa shape index (κ1) is 17.4. The van der Waals surface area contributed by atoms with Crippen LogP contribution in [0.4, 0.5) is 4.79 Å². The molecule has 6 heteroatoms. The Bertz CT molecular complexity index is 628. The number of nitrogens with one attached hydrogen (secondary N) is 2. The molecule has 0 aromatic heterocycles. The molecule has 1 aromatic rings. The molecule has 2 amide bonds. The van der Waals surface area contributed by atoms with Crippen molar-refractivity contribution in [3.8, 4) is 0 Å². The summed E-state index contributed by atoms with van der Waals surface area (Å²) in [6.45, 7) is 6.11. The predicted octanol–water partition coefficient (Wildman–Crippen LogP) is 2.92. The predicted molar refractivity (Wildman–Crippen MR) is 92.2 cm³/mol. The maximum absolute atomic E-state index is 12.5. The second-order valence-corrected chi connectivity index (χ2v) is 6.65. The highest BCUT2D eigenvalue weighted by Gasteiger charge is 2.32. The number of allylic oxidation sites excluding steroid dienone is 1. The third kappa shape index (κ3) is 4.28. The molecule has 2 rings (SSSR count). The molecule has 0 spiro atoms. The lowest BCUT2D eigenvalue weighted by Crippen LogP contribution is -2.45. The number of rotatable bonds is 6. The Morgan fingerprint density at radius 3 is 2.74 bits per heavy atom. The van der Waals surface area contributed by atoms with E-state index in [-0.39, 0.29) is 12.0 Å². The molecule has 1 aliphatic rings. The first-order chi connectivity index (χ1) is 11.0. The molecular weight excluding hydrogens is 312 g/mol. The standard InChI is InChI=1S/C17H22N2O3S/c1-4-23-10-9-22-16(20)14-12(3)18-17(21)19-15(14)13-8-6-5-7-11(13)2/h5-8,15H,4,9-10H2,1-3H3,(H2,18,19,21)/t15-/m1/s1. The van der Waals surface area contributed by atoms with Crippen LogP contribution in [0, 0.1) is 6.92 Å². The summed E-state index contributed by atoms with van der Waals surface area (Å²) >= 11 is 1.72. The highest BCUT2D eigenvalue weighted by molar-refractivity contribution is 7.99. The summed E-state index contributed by atoms with van der Waals surface area (Å²) < 4.78 is 5.37. The van der Waals surface area contributed by atoms with Gasteiger partial charge in [-0.25, -0.2) is 9.59 Å². The van der Waals surface area contributed by atoms with Gasteiger partial charge in [0.05, 0.1) is 11.6 Å². The summed E-state index contributed by atoms with van der Waals surface area (Å²) in [7, 11) is 0. The van der Waals surface area contributed by atoms with Crippen molar-refractivity contribution in [2.45, 2.75) is 26.8 Å². The van der Waals surface area contributed by atoms with E-state index in [1.54, 1.807) is 18.7 Å². The number of thioether (sulfide) groups is 1. The zero-order valence-electron chi connectivity index (χ0n) is 13.6. The molecule has 0 bridgehead atoms. The maximum Gasteiger partial charge on any atom is 0.338 e. The van der Waals surface area contributed by atoms with E-state index in [0.717, 1.165) is 22.6 Å². The van der Waals surface area contributed by atoms with Crippen LogP contribution in [0.2, 0.25) is 0 Å². The van der Waals surface area contributed by atoms with E-state index in [0.29, 0.717) is 17.9 Å². The van der Waals surface area contributed by atoms with Gasteiger partial charge in [-0.1, -0.05) is 31.2 Å². The number of esters is 1. The van der Waals surface area contributed by atoms with Gasteiger partial charge in [-0.2, -0.15) is 11.8 Å². The van der Waals surface area contributed by atoms with Crippen LogP contribution in [0.5, 0.6) is 0 Å². The number of carbonyl (C=O) groups is 2. The van der Waals surface area contributed by atoms with E-state index in [1.807, 2.05) is 31.2 Å². The van der Waals surface area contributed by atoms with Crippen molar-refractivity contribution in [1.82, 2.24) is 10.6 Å². The number of carbonyl (C=O) groups excluding carboxylic acids is 2. The Kier molecular flexibility index (Phi) is 6.10. The molecular formula is C17H22N2O3S. The van der Waals surface area contributed by atoms with Crippen LogP contribution < -0.4 is 10.6 Å². The topological polar surface area (TPSA) is 67.4 Å². The van der Waals surface area contributed by atoms with E-state index in [1.165, 1.54) is 0 Å². The molecule has 1 aliphatic heterocycles. The van der Waals surface area contributed by atoms with Crippen LogP contribution in [0.1, 0.15) is 31.0 Å². The Labute approximate surface area is 140 Å². The number of amides is 2. The number of aryl methyl sites for hydroxylation is 1. The van der Waals surface area contributed by atoms with Crippen molar-refractivity contribution in [2.24, 2.45) is 0 Å². The highest BCUT2D eigenvalue weighted by atomic mass is 32.2. The second-order valence-electron chi connectivity index (χ2n) is 5.26. The third-order valence-electron chi connectivity index (χ3n) is 3.65. The maximum atomic E-state index is 12.5. The Balaban J connectivity index is 2.25. The van der Waals surface area contributed by atoms with Gasteiger partial charge in [0.1, 0.15) is 6.61 Å². The Hall–Kier alpha value is -1.95. The minimum atomic E-state index is -0.490. The molecule has 124 valence electrons. The van der Waals surface area contributed by atoms with Crippen molar-refractivity contribution in [2.75, 3.05) is 18.1 Å². The van der Waals surface area contributed by atoms with Gasteiger partial charge < -0.3 is 15.4 Å². The van der Waals surface area contributed by atoms with Crippen LogP contribution in [0.25, 0.3) is 0 Å². The number of hydrogen-bond acceptors (Lipinski definition) is 4. The van der Waals surface area contributed by atoms with Gasteiger partial charge in [0.25, 0.3) is 0 Å². The third-order valence-corrected chi connectivity index (χ3v) is 4.52. The van der Waals surface area contributed by atoms with Crippen molar-refractivity contribution in [3.05, 3.63) is 46.7 Å². The monoisotopic (exact) mass is 334 g/mol. The quantitative estimate of drug-likeness (QED) is 0.620. The SMILES string of the molecule is CCSCCOC(=O)C1=C(C)NC(=O)N[C@@H]1c1ccccc1C. The van der Waals surface area contributed by atoms with Crippen molar-refractivity contribution in [3.63, 3.8) is 0 Å². The Morgan fingerprint density at radius 2 is 2.04 bits per heavy atom. The fraction of sp³-hybridized carbons (Fsp3) is 0.412. The Morgan fingerprint density at radius 1 is 1.30 bits per heavy atom. The van der Waals surface area contributed by atoms with E-state index < -0.39 is 6.04 Å². The fourth-order valence-electron chi connectivity index (χ4n) is 2.52. The van der Waals surface area contributed by atoms with E-state index in [2.05, 4.69) is 17.6 Å². The zero-order chi connectivity index (χ0) is 16.8. The smallest absolute Gasteiger partial charge is 0.338 e. The fourth-order valence-corrected chi connectivity index (χ4v) is 3.01. The molecule has 23 heavy (non-hydrogen) atoms. The number of urea groups is 1. The molecule has 0 unspecified atom stereocenters. The largest absolute Gasteiger partial charge is 0.461 e. The normalized spacial score (nSPS) is 17.5. The lowest BCUT2D eigenvalue weighted by molar-refractivity contribution is -0.138. The number of hydrogen-bond donors (Lipinski definition) is 2. The van der Waals surface area contributed by atoms with Crippen LogP contribution in [-0.4, -0.2) is 30.1 Å². The molecule has 1 heterocycles. The van der Waals surface area contributed by atoms with Gasteiger partial charge in [0, 0.05) is 11.4 Å². The first-order valence-electron chi connectivity index (χ1n) is 7.63. The second kappa shape index (κ2) is 8.06. The van der Waals surface area contributed by atoms with Crippen LogP contribution in [0.15, 0.2) is 35.5 Å². The van der Waals surface area contributed by atoms with Crippen LogP contribution in [-0.2, 0) is 9.53 Å². The summed E-state index contributed by atoms with van der Waals surface area (Å²) in [4.78, 5) is 24.3. The molecule has 2 N–H and O–H groups in total. The first-order valence-corrected chi connectivity index (χ1v) is 8.78. The van der Waals surface area contributed by atoms with Crippen molar-refractivity contribution in [1.29, 1.82) is 0 Å². The highest BCUT2D eigenvalue weighted by Crippen LogP contribution is 2.29. The van der Waals surface area contributed by atoms with Gasteiger partial charge in [0.15, 0.2) is 0 Å². The molecule has 5 nitrogen and oxygen atoms in total. The lowest BCUT2D eigenvalue weighted by Gasteiger charge is -2.29. The minimum absolute atomic E-state index is 0.311. The average molecular weight is 334 g/mol. The molecule has 1 atom stereocenters. The van der Waals surface area contributed by atoms with E-state index in [4.69, 9.17) is 4.74 Å². The van der Waals surface area contributed by atoms with Gasteiger partial charge >= 0.3 is 12.0 Å². The van der Waals surface area contributed by atoms with Crippen LogP contribution in [0.3, 0.4) is 0 Å². The summed E-state index contributed by atoms with van der Waals surface area (Å²) in [6, 6.07) is 6.90. The summed E-state index contributed by atoms with van der Waals surface area (Å²) in [6.07, 6.45) is 0. The molecule has 0 saturated carbocycles. The molecule has 0 saturated heterocycles. The number of ether oxygens (including phenoxy) is 1. The lowest BCUT2D eigenvalue weighted by atomic mass is 9.92. The summed E-state index contributed by atoms with van der Waals surface area (Å²) in [5, 5.41) is 5.48. The molecule has 0 fully saturated rings. The summed E-state index contributed by atoms with van der Waals surface area (Å²) in [5.41, 5.74) is 2.91. The molecule has 0 radical (unpaired) electrons. The molecule has 1 aromatic carbocycles. The van der Waals surface area contributed by atoms with Gasteiger partial charge in [0.2, 0.25) is 0 Å². The van der Waals surface area contributed by atoms with Gasteiger partial charge in [-0.3, -0.25) is 0 Å². The van der Waals surface area contributed by atoms with Gasteiger partial charge in [-0.15, -0.1) is 0 Å². The van der Waals surface area contributed by atoms with E-state index in [9.17, 15) is 9.59 Å². The van der Waals surface area contributed by atoms with E-state index >= 15 is 0 Å². The minimum Gasteiger partial charge on any atom is -0.461 e. The summed E-state index contributed by atoms with van der Waals surface area (Å²) in [5.74, 6) is 1.37. The zero-order valence-corrected chi connectivity index (χ0v) is 14.5. The number of benzene rings is 1. The van der Waals surface area contributed by atoms with Crippen molar-refractivity contribution < 1.29 is 14.3 Å².